The van der Waals surface area contributed by atoms with E-state index in [0.29, 0.717) is 18.7 Å². The average Bonchev–Trinajstić information content (AvgIpc) is 2.38. The summed E-state index contributed by atoms with van der Waals surface area (Å²) in [7, 11) is 0. The first kappa shape index (κ1) is 15.2. The molecule has 3 N–H and O–H groups in total. The fraction of sp³-hybridized carbons (Fsp3) is 0.538. The van der Waals surface area contributed by atoms with Gasteiger partial charge in [0.1, 0.15) is 0 Å². The molecule has 0 fully saturated rings. The minimum atomic E-state index is -0.404. The van der Waals surface area contributed by atoms with Gasteiger partial charge in [0.25, 0.3) is 5.69 Å². The van der Waals surface area contributed by atoms with Gasteiger partial charge in [-0.25, -0.2) is 0 Å². The molecule has 1 unspecified atom stereocenters. The molecule has 0 aliphatic rings. The highest BCUT2D eigenvalue weighted by Crippen LogP contribution is 2.25. The lowest BCUT2D eigenvalue weighted by Gasteiger charge is -2.17. The number of non-ortho nitro benzene ring substituents is 1. The summed E-state index contributed by atoms with van der Waals surface area (Å²) in [5.74, 6) is 0. The third-order valence-electron chi connectivity index (χ3n) is 2.85. The van der Waals surface area contributed by atoms with Crippen molar-refractivity contribution in [3.05, 3.63) is 28.3 Å². The lowest BCUT2D eigenvalue weighted by molar-refractivity contribution is -0.384. The lowest BCUT2D eigenvalue weighted by atomic mass is 10.1. The Morgan fingerprint density at radius 2 is 2.00 bits per heavy atom. The van der Waals surface area contributed by atoms with Gasteiger partial charge in [0.15, 0.2) is 0 Å². The minimum Gasteiger partial charge on any atom is -0.396 e. The fourth-order valence-corrected chi connectivity index (χ4v) is 1.88. The van der Waals surface area contributed by atoms with Crippen LogP contribution >= 0.6 is 0 Å². The molecule has 6 nitrogen and oxygen atoms in total. The number of hydrogen-bond acceptors (Lipinski definition) is 5. The van der Waals surface area contributed by atoms with Crippen LogP contribution in [0.1, 0.15) is 26.7 Å². The number of hydrogen-bond donors (Lipinski definition) is 3. The maximum Gasteiger partial charge on any atom is 0.273 e. The number of aliphatic hydroxyl groups excluding tert-OH is 1. The molecule has 0 spiro atoms. The third kappa shape index (κ3) is 4.75. The zero-order valence-corrected chi connectivity index (χ0v) is 11.3. The Bertz CT molecular complexity index is 424. The fourth-order valence-electron chi connectivity index (χ4n) is 1.88. The van der Waals surface area contributed by atoms with E-state index >= 15 is 0 Å². The second-order valence-electron chi connectivity index (χ2n) is 4.32. The predicted molar refractivity (Wildman–Crippen MR) is 76.7 cm³/mol. The van der Waals surface area contributed by atoms with Crippen molar-refractivity contribution in [3.8, 4) is 0 Å². The SMILES string of the molecule is CCNc1cc(NC(CC)CCO)cc([N+](=O)[O-])c1. The topological polar surface area (TPSA) is 87.4 Å². The van der Waals surface area contributed by atoms with Crippen LogP contribution in [0, 0.1) is 10.1 Å². The maximum atomic E-state index is 10.9. The Balaban J connectivity index is 2.94. The zero-order valence-electron chi connectivity index (χ0n) is 11.3. The second kappa shape index (κ2) is 7.58. The summed E-state index contributed by atoms with van der Waals surface area (Å²) in [6, 6.07) is 4.99. The quantitative estimate of drug-likeness (QED) is 0.498. The number of aliphatic hydroxyl groups is 1. The number of nitro groups is 1. The first-order valence-electron chi connectivity index (χ1n) is 6.51. The molecule has 1 aromatic rings. The van der Waals surface area contributed by atoms with Crippen molar-refractivity contribution in [3.63, 3.8) is 0 Å². The number of rotatable bonds is 8. The molecule has 0 saturated heterocycles. The summed E-state index contributed by atoms with van der Waals surface area (Å²) in [6.07, 6.45) is 1.47. The van der Waals surface area contributed by atoms with Gasteiger partial charge >= 0.3 is 0 Å². The molecule has 1 atom stereocenters. The summed E-state index contributed by atoms with van der Waals surface area (Å²) in [5.41, 5.74) is 1.48. The zero-order chi connectivity index (χ0) is 14.3. The van der Waals surface area contributed by atoms with Gasteiger partial charge in [0, 0.05) is 42.7 Å². The van der Waals surface area contributed by atoms with Gasteiger partial charge < -0.3 is 15.7 Å². The van der Waals surface area contributed by atoms with Gasteiger partial charge in [-0.2, -0.15) is 0 Å². The standard InChI is InChI=1S/C13H21N3O3/c1-3-10(5-6-17)15-12-7-11(14-4-2)8-13(9-12)16(18)19/h7-10,14-15,17H,3-6H2,1-2H3. The van der Waals surface area contributed by atoms with Crippen LogP contribution in [0.4, 0.5) is 17.1 Å². The highest BCUT2D eigenvalue weighted by atomic mass is 16.6. The average molecular weight is 267 g/mol. The van der Waals surface area contributed by atoms with Crippen LogP contribution in [0.15, 0.2) is 18.2 Å². The first-order chi connectivity index (χ1) is 9.10. The van der Waals surface area contributed by atoms with E-state index in [0.717, 1.165) is 12.1 Å². The smallest absolute Gasteiger partial charge is 0.273 e. The van der Waals surface area contributed by atoms with Gasteiger partial charge in [-0.05, 0) is 25.8 Å². The van der Waals surface area contributed by atoms with Crippen LogP contribution in [0.25, 0.3) is 0 Å². The largest absolute Gasteiger partial charge is 0.396 e. The van der Waals surface area contributed by atoms with E-state index in [2.05, 4.69) is 10.6 Å². The van der Waals surface area contributed by atoms with Crippen LogP contribution < -0.4 is 10.6 Å². The van der Waals surface area contributed by atoms with Gasteiger partial charge in [0.2, 0.25) is 0 Å². The molecule has 106 valence electrons. The summed E-state index contributed by atoms with van der Waals surface area (Å²) in [6.45, 7) is 4.75. The van der Waals surface area contributed by atoms with Gasteiger partial charge in [-0.1, -0.05) is 6.92 Å². The minimum absolute atomic E-state index is 0.0554. The molecule has 0 aliphatic carbocycles. The molecule has 0 heterocycles. The monoisotopic (exact) mass is 267 g/mol. The molecule has 0 saturated carbocycles. The Morgan fingerprint density at radius 1 is 1.32 bits per heavy atom. The molecule has 0 aromatic heterocycles. The van der Waals surface area contributed by atoms with E-state index in [1.54, 1.807) is 0 Å². The molecule has 0 amide bonds. The van der Waals surface area contributed by atoms with Crippen LogP contribution in [-0.2, 0) is 0 Å². The van der Waals surface area contributed by atoms with Crippen LogP contribution in [-0.4, -0.2) is 29.2 Å². The Hall–Kier alpha value is -1.82. The van der Waals surface area contributed by atoms with Crippen molar-refractivity contribution in [1.82, 2.24) is 0 Å². The Kier molecular flexibility index (Phi) is 6.08. The molecule has 0 aliphatic heterocycles. The number of nitrogens with one attached hydrogen (secondary N) is 2. The number of benzene rings is 1. The van der Waals surface area contributed by atoms with E-state index in [-0.39, 0.29) is 18.3 Å². The van der Waals surface area contributed by atoms with E-state index in [1.165, 1.54) is 12.1 Å². The van der Waals surface area contributed by atoms with E-state index in [9.17, 15) is 10.1 Å². The van der Waals surface area contributed by atoms with Crippen LogP contribution in [0.5, 0.6) is 0 Å². The van der Waals surface area contributed by atoms with Crippen molar-refractivity contribution >= 4 is 17.1 Å². The molecule has 19 heavy (non-hydrogen) atoms. The lowest BCUT2D eigenvalue weighted by Crippen LogP contribution is -2.20. The van der Waals surface area contributed by atoms with Crippen molar-refractivity contribution < 1.29 is 10.0 Å². The summed E-state index contributed by atoms with van der Waals surface area (Å²) < 4.78 is 0. The van der Waals surface area contributed by atoms with Gasteiger partial charge in [-0.15, -0.1) is 0 Å². The second-order valence-corrected chi connectivity index (χ2v) is 4.32. The number of nitrogens with zero attached hydrogens (tertiary/aromatic N) is 1. The van der Waals surface area contributed by atoms with Crippen molar-refractivity contribution in [1.29, 1.82) is 0 Å². The van der Waals surface area contributed by atoms with Gasteiger partial charge in [0.05, 0.1) is 4.92 Å². The van der Waals surface area contributed by atoms with E-state index < -0.39 is 4.92 Å². The Labute approximate surface area is 113 Å². The van der Waals surface area contributed by atoms with E-state index in [4.69, 9.17) is 5.11 Å². The summed E-state index contributed by atoms with van der Waals surface area (Å²) >= 11 is 0. The normalized spacial score (nSPS) is 11.9. The molecule has 0 bridgehead atoms. The summed E-state index contributed by atoms with van der Waals surface area (Å²) in [5, 5.41) is 26.2. The molecule has 0 radical (unpaired) electrons. The van der Waals surface area contributed by atoms with Crippen molar-refractivity contribution in [2.75, 3.05) is 23.8 Å². The van der Waals surface area contributed by atoms with Crippen LogP contribution in [0.3, 0.4) is 0 Å². The molecular formula is C13H21N3O3. The van der Waals surface area contributed by atoms with Crippen molar-refractivity contribution in [2.45, 2.75) is 32.7 Å². The number of nitro benzene ring substituents is 1. The predicted octanol–water partition coefficient (Wildman–Crippen LogP) is 2.60. The number of anilines is 2. The highest BCUT2D eigenvalue weighted by molar-refractivity contribution is 5.63. The van der Waals surface area contributed by atoms with Crippen molar-refractivity contribution in [2.24, 2.45) is 0 Å². The van der Waals surface area contributed by atoms with Gasteiger partial charge in [-0.3, -0.25) is 10.1 Å². The molecule has 6 heteroatoms. The maximum absolute atomic E-state index is 10.9. The van der Waals surface area contributed by atoms with Crippen LogP contribution in [0.2, 0.25) is 0 Å². The third-order valence-corrected chi connectivity index (χ3v) is 2.85. The molecule has 1 aromatic carbocycles. The Morgan fingerprint density at radius 3 is 2.53 bits per heavy atom. The highest BCUT2D eigenvalue weighted by Gasteiger charge is 2.12. The molecule has 1 rings (SSSR count). The molecular weight excluding hydrogens is 246 g/mol. The van der Waals surface area contributed by atoms with E-state index in [1.807, 2.05) is 19.9 Å². The first-order valence-corrected chi connectivity index (χ1v) is 6.51. The summed E-state index contributed by atoms with van der Waals surface area (Å²) in [4.78, 5) is 10.5.